The molecule has 2 N–H and O–H groups in total. The molecule has 0 fully saturated rings. The molecule has 0 spiro atoms. The van der Waals surface area contributed by atoms with Gasteiger partial charge in [0.1, 0.15) is 5.75 Å². The van der Waals surface area contributed by atoms with Crippen molar-refractivity contribution in [3.8, 4) is 5.75 Å². The Labute approximate surface area is 141 Å². The first-order valence-electron chi connectivity index (χ1n) is 7.30. The molecule has 1 unspecified atom stereocenters. The summed E-state index contributed by atoms with van der Waals surface area (Å²) in [6.07, 6.45) is -4.06. The number of alkyl halides is 3. The maximum absolute atomic E-state index is 12.4. The Hall–Kier alpha value is -2.22. The summed E-state index contributed by atoms with van der Waals surface area (Å²) in [4.78, 5) is 13.0. The molecule has 0 aliphatic carbocycles. The van der Waals surface area contributed by atoms with Crippen LogP contribution in [0.3, 0.4) is 0 Å². The number of amides is 2. The van der Waals surface area contributed by atoms with Crippen LogP contribution in [-0.2, 0) is 6.54 Å². The molecule has 1 heterocycles. The van der Waals surface area contributed by atoms with Crippen molar-refractivity contribution in [1.29, 1.82) is 0 Å². The Morgan fingerprint density at radius 3 is 2.62 bits per heavy atom. The van der Waals surface area contributed by atoms with E-state index >= 15 is 0 Å². The van der Waals surface area contributed by atoms with Crippen molar-refractivity contribution in [2.45, 2.75) is 32.3 Å². The molecular weight excluding hydrogens is 341 g/mol. The van der Waals surface area contributed by atoms with Gasteiger partial charge in [-0.3, -0.25) is 0 Å². The van der Waals surface area contributed by atoms with Crippen molar-refractivity contribution < 1.29 is 22.7 Å². The number of hydrogen-bond acceptors (Lipinski definition) is 3. The van der Waals surface area contributed by atoms with Gasteiger partial charge < -0.3 is 15.4 Å². The van der Waals surface area contributed by atoms with Gasteiger partial charge in [-0.1, -0.05) is 31.2 Å². The van der Waals surface area contributed by atoms with E-state index in [1.54, 1.807) is 6.07 Å². The smallest absolute Gasteiger partial charge is 0.405 e. The minimum Gasteiger partial charge on any atom is -0.405 e. The van der Waals surface area contributed by atoms with E-state index in [4.69, 9.17) is 0 Å². The lowest BCUT2D eigenvalue weighted by Crippen LogP contribution is -2.37. The van der Waals surface area contributed by atoms with Gasteiger partial charge in [-0.15, -0.1) is 24.5 Å². The second-order valence-electron chi connectivity index (χ2n) is 4.96. The molecule has 1 atom stereocenters. The van der Waals surface area contributed by atoms with E-state index in [1.165, 1.54) is 29.5 Å². The Balaban J connectivity index is 1.94. The molecule has 2 amide bonds. The summed E-state index contributed by atoms with van der Waals surface area (Å²) in [6, 6.07) is 8.94. The Morgan fingerprint density at radius 2 is 2.00 bits per heavy atom. The lowest BCUT2D eigenvalue weighted by molar-refractivity contribution is -0.274. The predicted octanol–water partition coefficient (Wildman–Crippen LogP) is 4.60. The zero-order valence-electron chi connectivity index (χ0n) is 12.9. The lowest BCUT2D eigenvalue weighted by atomic mass is 10.2. The molecule has 130 valence electrons. The second kappa shape index (κ2) is 8.05. The highest BCUT2D eigenvalue weighted by molar-refractivity contribution is 7.10. The van der Waals surface area contributed by atoms with Crippen molar-refractivity contribution in [1.82, 2.24) is 10.6 Å². The van der Waals surface area contributed by atoms with Crippen LogP contribution in [0, 0.1) is 0 Å². The van der Waals surface area contributed by atoms with Crippen LogP contribution in [0.1, 0.15) is 29.8 Å². The molecule has 1 aromatic carbocycles. The Morgan fingerprint density at radius 1 is 1.25 bits per heavy atom. The van der Waals surface area contributed by atoms with Crippen LogP contribution in [0.2, 0.25) is 0 Å². The van der Waals surface area contributed by atoms with Gasteiger partial charge in [0.05, 0.1) is 6.04 Å². The lowest BCUT2D eigenvalue weighted by Gasteiger charge is -2.17. The van der Waals surface area contributed by atoms with Crippen LogP contribution in [-0.4, -0.2) is 12.4 Å². The maximum atomic E-state index is 12.4. The molecule has 2 rings (SSSR count). The van der Waals surface area contributed by atoms with E-state index in [-0.39, 0.29) is 23.9 Å². The summed E-state index contributed by atoms with van der Waals surface area (Å²) in [5.74, 6) is -0.324. The quantitative estimate of drug-likeness (QED) is 0.793. The first-order chi connectivity index (χ1) is 11.4. The number of thiophene rings is 1. The molecule has 8 heteroatoms. The number of halogens is 3. The molecule has 4 nitrogen and oxygen atoms in total. The SMILES string of the molecule is CCC(NC(=O)NCc1ccccc1OC(F)(F)F)c1cccs1. The van der Waals surface area contributed by atoms with Crippen LogP contribution in [0.25, 0.3) is 0 Å². The number of para-hydroxylation sites is 1. The van der Waals surface area contributed by atoms with Crippen molar-refractivity contribution in [3.63, 3.8) is 0 Å². The first-order valence-corrected chi connectivity index (χ1v) is 8.18. The second-order valence-corrected chi connectivity index (χ2v) is 5.94. The van der Waals surface area contributed by atoms with Crippen molar-refractivity contribution in [3.05, 3.63) is 52.2 Å². The van der Waals surface area contributed by atoms with Gasteiger partial charge in [-0.25, -0.2) is 4.79 Å². The van der Waals surface area contributed by atoms with Crippen molar-refractivity contribution in [2.75, 3.05) is 0 Å². The van der Waals surface area contributed by atoms with E-state index in [1.807, 2.05) is 24.4 Å². The number of ether oxygens (including phenoxy) is 1. The highest BCUT2D eigenvalue weighted by atomic mass is 32.1. The van der Waals surface area contributed by atoms with Gasteiger partial charge in [0.2, 0.25) is 0 Å². The van der Waals surface area contributed by atoms with Crippen molar-refractivity contribution in [2.24, 2.45) is 0 Å². The van der Waals surface area contributed by atoms with Gasteiger partial charge in [-0.05, 0) is 23.9 Å². The molecule has 0 radical (unpaired) electrons. The molecule has 2 aromatic rings. The Bertz CT molecular complexity index is 660. The van der Waals surface area contributed by atoms with E-state index in [0.29, 0.717) is 6.42 Å². The number of urea groups is 1. The zero-order valence-corrected chi connectivity index (χ0v) is 13.7. The van der Waals surface area contributed by atoms with E-state index in [2.05, 4.69) is 15.4 Å². The predicted molar refractivity (Wildman–Crippen MR) is 85.8 cm³/mol. The van der Waals surface area contributed by atoms with Gasteiger partial charge in [0, 0.05) is 17.0 Å². The van der Waals surface area contributed by atoms with Crippen LogP contribution < -0.4 is 15.4 Å². The standard InChI is InChI=1S/C16H17F3N2O2S/c1-2-12(14-8-5-9-24-14)21-15(22)20-10-11-6-3-4-7-13(11)23-16(17,18)19/h3-9,12H,2,10H2,1H3,(H2,20,21,22). The van der Waals surface area contributed by atoms with Crippen LogP contribution in [0.5, 0.6) is 5.75 Å². The van der Waals surface area contributed by atoms with Gasteiger partial charge in [0.25, 0.3) is 0 Å². The average Bonchev–Trinajstić information content (AvgIpc) is 3.04. The van der Waals surface area contributed by atoms with E-state index in [9.17, 15) is 18.0 Å². The average molecular weight is 358 g/mol. The summed E-state index contributed by atoms with van der Waals surface area (Å²) >= 11 is 1.53. The molecule has 1 aromatic heterocycles. The third-order valence-electron chi connectivity index (χ3n) is 3.24. The molecular formula is C16H17F3N2O2S. The van der Waals surface area contributed by atoms with Crippen LogP contribution in [0.15, 0.2) is 41.8 Å². The van der Waals surface area contributed by atoms with Crippen LogP contribution >= 0.6 is 11.3 Å². The monoisotopic (exact) mass is 358 g/mol. The number of benzene rings is 1. The third kappa shape index (κ3) is 5.45. The first kappa shape index (κ1) is 18.1. The highest BCUT2D eigenvalue weighted by Crippen LogP contribution is 2.26. The fourth-order valence-electron chi connectivity index (χ4n) is 2.12. The van der Waals surface area contributed by atoms with Crippen LogP contribution in [0.4, 0.5) is 18.0 Å². The minimum absolute atomic E-state index is 0.0705. The van der Waals surface area contributed by atoms with Crippen molar-refractivity contribution >= 4 is 17.4 Å². The number of rotatable bonds is 6. The fraction of sp³-hybridized carbons (Fsp3) is 0.312. The summed E-state index contributed by atoms with van der Waals surface area (Å²) < 4.78 is 41.1. The topological polar surface area (TPSA) is 50.4 Å². The number of carbonyl (C=O) groups excluding carboxylic acids is 1. The highest BCUT2D eigenvalue weighted by Gasteiger charge is 2.32. The number of carbonyl (C=O) groups is 1. The van der Waals surface area contributed by atoms with Gasteiger partial charge in [-0.2, -0.15) is 0 Å². The molecule has 0 saturated heterocycles. The summed E-state index contributed by atoms with van der Waals surface area (Å²) in [7, 11) is 0. The van der Waals surface area contributed by atoms with E-state index in [0.717, 1.165) is 4.88 Å². The molecule has 0 bridgehead atoms. The zero-order chi connectivity index (χ0) is 17.6. The van der Waals surface area contributed by atoms with Gasteiger partial charge in [0.15, 0.2) is 0 Å². The Kier molecular flexibility index (Phi) is 6.08. The van der Waals surface area contributed by atoms with Gasteiger partial charge >= 0.3 is 12.4 Å². The largest absolute Gasteiger partial charge is 0.573 e. The minimum atomic E-state index is -4.77. The summed E-state index contributed by atoms with van der Waals surface area (Å²) in [5, 5.41) is 7.28. The number of hydrogen-bond donors (Lipinski definition) is 2. The summed E-state index contributed by atoms with van der Waals surface area (Å²) in [5.41, 5.74) is 0.245. The maximum Gasteiger partial charge on any atom is 0.573 e. The molecule has 0 aliphatic rings. The normalized spacial score (nSPS) is 12.5. The molecule has 24 heavy (non-hydrogen) atoms. The number of nitrogens with one attached hydrogen (secondary N) is 2. The molecule has 0 saturated carbocycles. The molecule has 0 aliphatic heterocycles. The summed E-state index contributed by atoms with van der Waals surface area (Å²) in [6.45, 7) is 1.87. The fourth-order valence-corrected chi connectivity index (χ4v) is 2.98. The van der Waals surface area contributed by atoms with E-state index < -0.39 is 12.4 Å². The third-order valence-corrected chi connectivity index (χ3v) is 4.22.